The second kappa shape index (κ2) is 5.88. The molecule has 1 saturated carbocycles. The highest BCUT2D eigenvalue weighted by atomic mass is 32.2. The molecule has 0 spiro atoms. The lowest BCUT2D eigenvalue weighted by Crippen LogP contribution is -2.39. The minimum absolute atomic E-state index is 0.558. The summed E-state index contributed by atoms with van der Waals surface area (Å²) in [5, 5.41) is 3.41. The van der Waals surface area contributed by atoms with Crippen LogP contribution in [0, 0.1) is 11.8 Å². The van der Waals surface area contributed by atoms with E-state index < -0.39 is 10.0 Å². The van der Waals surface area contributed by atoms with E-state index in [1.165, 1.54) is 31.9 Å². The summed E-state index contributed by atoms with van der Waals surface area (Å²) in [6.07, 6.45) is 8.63. The highest BCUT2D eigenvalue weighted by molar-refractivity contribution is 7.88. The van der Waals surface area contributed by atoms with E-state index in [1.807, 2.05) is 7.05 Å². The van der Waals surface area contributed by atoms with Gasteiger partial charge in [-0.05, 0) is 57.4 Å². The third-order valence-corrected chi connectivity index (χ3v) is 5.67. The van der Waals surface area contributed by atoms with Crippen molar-refractivity contribution in [3.8, 4) is 0 Å². The van der Waals surface area contributed by atoms with Crippen LogP contribution in [0.4, 0.5) is 0 Å². The maximum atomic E-state index is 11.6. The van der Waals surface area contributed by atoms with Crippen LogP contribution in [0.5, 0.6) is 0 Å². The fourth-order valence-electron chi connectivity index (χ4n) is 3.09. The zero-order valence-electron chi connectivity index (χ0n) is 11.6. The van der Waals surface area contributed by atoms with Crippen molar-refractivity contribution < 1.29 is 8.42 Å². The molecular weight excluding hydrogens is 248 g/mol. The summed E-state index contributed by atoms with van der Waals surface area (Å²) >= 11 is 0. The van der Waals surface area contributed by atoms with Gasteiger partial charge < -0.3 is 5.32 Å². The highest BCUT2D eigenvalue weighted by Gasteiger charge is 2.31. The highest BCUT2D eigenvalue weighted by Crippen LogP contribution is 2.35. The molecular formula is C13H26N2O2S. The number of hydrogen-bond acceptors (Lipinski definition) is 3. The van der Waals surface area contributed by atoms with E-state index in [1.54, 1.807) is 4.31 Å². The molecule has 1 heterocycles. The Morgan fingerprint density at radius 3 is 2.61 bits per heavy atom. The van der Waals surface area contributed by atoms with Gasteiger partial charge >= 0.3 is 0 Å². The molecule has 0 amide bonds. The minimum Gasteiger partial charge on any atom is -0.317 e. The topological polar surface area (TPSA) is 49.4 Å². The van der Waals surface area contributed by atoms with Gasteiger partial charge in [0, 0.05) is 19.1 Å². The fourth-order valence-corrected chi connectivity index (χ4v) is 4.04. The lowest BCUT2D eigenvalue weighted by molar-refractivity contribution is 0.245. The molecule has 1 aliphatic heterocycles. The van der Waals surface area contributed by atoms with Crippen molar-refractivity contribution in [2.75, 3.05) is 26.4 Å². The van der Waals surface area contributed by atoms with E-state index in [9.17, 15) is 8.42 Å². The first-order valence-electron chi connectivity index (χ1n) is 7.13. The van der Waals surface area contributed by atoms with Gasteiger partial charge in [-0.25, -0.2) is 12.7 Å². The van der Waals surface area contributed by atoms with Crippen molar-refractivity contribution >= 4 is 10.0 Å². The Balaban J connectivity index is 1.78. The Morgan fingerprint density at radius 2 is 2.06 bits per heavy atom. The van der Waals surface area contributed by atoms with Crippen LogP contribution in [0.15, 0.2) is 0 Å². The average molecular weight is 274 g/mol. The predicted octanol–water partition coefficient (Wildman–Crippen LogP) is 1.44. The molecule has 5 heteroatoms. The van der Waals surface area contributed by atoms with Crippen LogP contribution in [0.3, 0.4) is 0 Å². The Kier molecular flexibility index (Phi) is 4.67. The molecule has 2 unspecified atom stereocenters. The van der Waals surface area contributed by atoms with Crippen LogP contribution in [-0.4, -0.2) is 45.2 Å². The van der Waals surface area contributed by atoms with E-state index >= 15 is 0 Å². The maximum Gasteiger partial charge on any atom is 0.211 e. The third-order valence-electron chi connectivity index (χ3n) is 4.40. The van der Waals surface area contributed by atoms with Gasteiger partial charge in [-0.1, -0.05) is 0 Å². The monoisotopic (exact) mass is 274 g/mol. The van der Waals surface area contributed by atoms with E-state index in [-0.39, 0.29) is 0 Å². The molecule has 106 valence electrons. The van der Waals surface area contributed by atoms with Crippen molar-refractivity contribution in [2.45, 2.75) is 44.6 Å². The Bertz CT molecular complexity index is 365. The van der Waals surface area contributed by atoms with Crippen molar-refractivity contribution in [3.05, 3.63) is 0 Å². The smallest absolute Gasteiger partial charge is 0.211 e. The van der Waals surface area contributed by atoms with E-state index in [0.717, 1.165) is 25.3 Å². The first kappa shape index (κ1) is 14.3. The Morgan fingerprint density at radius 1 is 1.33 bits per heavy atom. The van der Waals surface area contributed by atoms with Crippen molar-refractivity contribution in [3.63, 3.8) is 0 Å². The number of sulfonamides is 1. The number of nitrogens with zero attached hydrogens (tertiary/aromatic N) is 1. The van der Waals surface area contributed by atoms with Gasteiger partial charge in [-0.2, -0.15) is 0 Å². The second-order valence-corrected chi connectivity index (χ2v) is 7.92. The zero-order chi connectivity index (χ0) is 13.2. The lowest BCUT2D eigenvalue weighted by Gasteiger charge is -2.31. The Hall–Kier alpha value is -0.130. The third kappa shape index (κ3) is 3.93. The average Bonchev–Trinajstić information content (AvgIpc) is 3.14. The van der Waals surface area contributed by atoms with Gasteiger partial charge in [-0.15, -0.1) is 0 Å². The first-order valence-corrected chi connectivity index (χ1v) is 8.98. The molecule has 0 bridgehead atoms. The molecule has 0 radical (unpaired) electrons. The van der Waals surface area contributed by atoms with Crippen LogP contribution >= 0.6 is 0 Å². The van der Waals surface area contributed by atoms with Crippen LogP contribution in [0.1, 0.15) is 38.5 Å². The molecule has 4 nitrogen and oxygen atoms in total. The molecule has 1 N–H and O–H groups in total. The molecule has 1 aliphatic carbocycles. The normalized spacial score (nSPS) is 28.2. The summed E-state index contributed by atoms with van der Waals surface area (Å²) < 4.78 is 24.8. The zero-order valence-corrected chi connectivity index (χ0v) is 12.4. The summed E-state index contributed by atoms with van der Waals surface area (Å²) in [5.41, 5.74) is 0. The quantitative estimate of drug-likeness (QED) is 0.797. The van der Waals surface area contributed by atoms with Crippen LogP contribution in [0.2, 0.25) is 0 Å². The lowest BCUT2D eigenvalue weighted by atomic mass is 9.92. The summed E-state index contributed by atoms with van der Waals surface area (Å²) in [7, 11) is -0.941. The number of nitrogens with one attached hydrogen (secondary N) is 1. The summed E-state index contributed by atoms with van der Waals surface area (Å²) in [6.45, 7) is 1.45. The summed E-state index contributed by atoms with van der Waals surface area (Å²) in [5.74, 6) is 1.44. The van der Waals surface area contributed by atoms with Gasteiger partial charge in [0.05, 0.1) is 6.26 Å². The Labute approximate surface area is 111 Å². The van der Waals surface area contributed by atoms with Gasteiger partial charge in [0.2, 0.25) is 10.0 Å². The van der Waals surface area contributed by atoms with Crippen molar-refractivity contribution in [1.29, 1.82) is 0 Å². The maximum absolute atomic E-state index is 11.6. The van der Waals surface area contributed by atoms with Crippen LogP contribution in [-0.2, 0) is 10.0 Å². The van der Waals surface area contributed by atoms with E-state index in [4.69, 9.17) is 0 Å². The van der Waals surface area contributed by atoms with E-state index in [2.05, 4.69) is 5.32 Å². The minimum atomic E-state index is -2.99. The van der Waals surface area contributed by atoms with Gasteiger partial charge in [0.25, 0.3) is 0 Å². The van der Waals surface area contributed by atoms with Crippen molar-refractivity contribution in [2.24, 2.45) is 11.8 Å². The standard InChI is InChI=1S/C13H26N2O2S/c1-14-13(12-6-7-12)8-5-11-4-3-9-15(10-11)18(2,16)17/h11-14H,3-10H2,1-2H3. The number of rotatable bonds is 6. The largest absolute Gasteiger partial charge is 0.317 e. The number of piperidine rings is 1. The summed E-state index contributed by atoms with van der Waals surface area (Å²) in [6, 6.07) is 0.651. The fraction of sp³-hybridized carbons (Fsp3) is 1.00. The molecule has 18 heavy (non-hydrogen) atoms. The first-order chi connectivity index (χ1) is 8.50. The van der Waals surface area contributed by atoms with Gasteiger partial charge in [0.1, 0.15) is 0 Å². The van der Waals surface area contributed by atoms with Gasteiger partial charge in [0.15, 0.2) is 0 Å². The van der Waals surface area contributed by atoms with Gasteiger partial charge in [-0.3, -0.25) is 0 Å². The molecule has 0 aromatic carbocycles. The molecule has 2 atom stereocenters. The SMILES string of the molecule is CNC(CCC1CCCN(S(C)(=O)=O)C1)C1CC1. The molecule has 0 aromatic rings. The van der Waals surface area contributed by atoms with Crippen LogP contribution < -0.4 is 5.32 Å². The number of hydrogen-bond donors (Lipinski definition) is 1. The predicted molar refractivity (Wildman–Crippen MR) is 73.9 cm³/mol. The summed E-state index contributed by atoms with van der Waals surface area (Å²) in [4.78, 5) is 0. The molecule has 2 fully saturated rings. The van der Waals surface area contributed by atoms with Crippen LogP contribution in [0.25, 0.3) is 0 Å². The molecule has 0 aromatic heterocycles. The second-order valence-electron chi connectivity index (χ2n) is 5.94. The van der Waals surface area contributed by atoms with Crippen molar-refractivity contribution in [1.82, 2.24) is 9.62 Å². The molecule has 2 rings (SSSR count). The molecule has 2 aliphatic rings. The van der Waals surface area contributed by atoms with E-state index in [0.29, 0.717) is 18.5 Å². The molecule has 1 saturated heterocycles.